The van der Waals surface area contributed by atoms with Crippen molar-refractivity contribution in [1.29, 1.82) is 0 Å². The molecular weight excluding hydrogens is 362 g/mol. The molecule has 2 atom stereocenters. The normalized spacial score (nSPS) is 20.1. The van der Waals surface area contributed by atoms with Crippen molar-refractivity contribution in [2.24, 2.45) is 0 Å². The van der Waals surface area contributed by atoms with Gasteiger partial charge < -0.3 is 29.0 Å². The van der Waals surface area contributed by atoms with Crippen LogP contribution in [-0.2, 0) is 11.2 Å². The van der Waals surface area contributed by atoms with Crippen LogP contribution in [-0.4, -0.2) is 41.0 Å². The second kappa shape index (κ2) is 7.24. The van der Waals surface area contributed by atoms with Gasteiger partial charge in [0.1, 0.15) is 11.7 Å². The lowest BCUT2D eigenvalue weighted by Gasteiger charge is -2.31. The Morgan fingerprint density at radius 3 is 2.32 bits per heavy atom. The summed E-state index contributed by atoms with van der Waals surface area (Å²) in [5, 5.41) is 3.49. The highest BCUT2D eigenvalue weighted by atomic mass is 16.6. The third kappa shape index (κ3) is 2.74. The molecule has 1 N–H and O–H groups in total. The standard InChI is InChI=1S/C21H23NO6/c1-24-14-6-5-12-17(20(14)27-4)21(23)28-19(12)18-13-10-16(26-3)15(25-2)9-11(13)7-8-22-18/h5-6,9-10,18-19,22H,7-8H2,1-4H3. The van der Waals surface area contributed by atoms with Crippen LogP contribution < -0.4 is 24.3 Å². The van der Waals surface area contributed by atoms with E-state index < -0.39 is 12.1 Å². The highest BCUT2D eigenvalue weighted by molar-refractivity contribution is 5.98. The third-order valence-electron chi connectivity index (χ3n) is 5.36. The Morgan fingerprint density at radius 1 is 0.929 bits per heavy atom. The Kier molecular flexibility index (Phi) is 4.77. The first kappa shape index (κ1) is 18.4. The number of esters is 1. The fourth-order valence-corrected chi connectivity index (χ4v) is 4.06. The van der Waals surface area contributed by atoms with Crippen molar-refractivity contribution < 1.29 is 28.5 Å². The molecule has 148 valence electrons. The minimum atomic E-state index is -0.473. The summed E-state index contributed by atoms with van der Waals surface area (Å²) in [5.41, 5.74) is 3.37. The number of hydrogen-bond donors (Lipinski definition) is 1. The number of nitrogens with one attached hydrogen (secondary N) is 1. The van der Waals surface area contributed by atoms with Gasteiger partial charge in [-0.3, -0.25) is 0 Å². The van der Waals surface area contributed by atoms with Crippen LogP contribution in [0.2, 0.25) is 0 Å². The van der Waals surface area contributed by atoms with E-state index in [9.17, 15) is 4.79 Å². The second-order valence-corrected chi connectivity index (χ2v) is 6.68. The summed E-state index contributed by atoms with van der Waals surface area (Å²) in [6, 6.07) is 7.41. The Bertz CT molecular complexity index is 926. The summed E-state index contributed by atoms with van der Waals surface area (Å²) in [4.78, 5) is 12.7. The van der Waals surface area contributed by atoms with Crippen LogP contribution in [0.4, 0.5) is 0 Å². The summed E-state index contributed by atoms with van der Waals surface area (Å²) in [6.07, 6.45) is 0.380. The molecule has 2 aliphatic heterocycles. The minimum absolute atomic E-state index is 0.202. The zero-order valence-electron chi connectivity index (χ0n) is 16.3. The van der Waals surface area contributed by atoms with Gasteiger partial charge >= 0.3 is 5.97 Å². The molecule has 0 aromatic heterocycles. The molecule has 0 bridgehead atoms. The van der Waals surface area contributed by atoms with Gasteiger partial charge in [-0.15, -0.1) is 0 Å². The first-order chi connectivity index (χ1) is 13.6. The van der Waals surface area contributed by atoms with Crippen molar-refractivity contribution in [3.63, 3.8) is 0 Å². The smallest absolute Gasteiger partial charge is 0.343 e. The number of benzene rings is 2. The second-order valence-electron chi connectivity index (χ2n) is 6.68. The predicted octanol–water partition coefficient (Wildman–Crippen LogP) is 2.82. The van der Waals surface area contributed by atoms with Gasteiger partial charge in [0, 0.05) is 5.56 Å². The van der Waals surface area contributed by atoms with Crippen LogP contribution in [0.1, 0.15) is 39.2 Å². The van der Waals surface area contributed by atoms with E-state index in [0.717, 1.165) is 29.7 Å². The fourth-order valence-electron chi connectivity index (χ4n) is 4.06. The average molecular weight is 385 g/mol. The number of rotatable bonds is 5. The third-order valence-corrected chi connectivity index (χ3v) is 5.36. The minimum Gasteiger partial charge on any atom is -0.493 e. The molecule has 2 aromatic rings. The maximum absolute atomic E-state index is 12.7. The Morgan fingerprint density at radius 2 is 1.64 bits per heavy atom. The highest BCUT2D eigenvalue weighted by Crippen LogP contribution is 2.48. The van der Waals surface area contributed by atoms with Crippen molar-refractivity contribution in [3.05, 3.63) is 46.5 Å². The Hall–Kier alpha value is -2.93. The molecule has 0 spiro atoms. The summed E-state index contributed by atoms with van der Waals surface area (Å²) in [7, 11) is 6.29. The maximum atomic E-state index is 12.7. The van der Waals surface area contributed by atoms with Crippen LogP contribution in [0.3, 0.4) is 0 Å². The van der Waals surface area contributed by atoms with Crippen molar-refractivity contribution in [3.8, 4) is 23.0 Å². The Balaban J connectivity index is 1.81. The lowest BCUT2D eigenvalue weighted by Crippen LogP contribution is -2.34. The first-order valence-corrected chi connectivity index (χ1v) is 9.07. The van der Waals surface area contributed by atoms with Gasteiger partial charge in [0.05, 0.1) is 34.5 Å². The maximum Gasteiger partial charge on any atom is 0.343 e. The highest BCUT2D eigenvalue weighted by Gasteiger charge is 2.42. The molecular formula is C21H23NO6. The van der Waals surface area contributed by atoms with Gasteiger partial charge in [0.25, 0.3) is 0 Å². The number of cyclic esters (lactones) is 1. The molecule has 28 heavy (non-hydrogen) atoms. The molecule has 0 saturated carbocycles. The van der Waals surface area contributed by atoms with Crippen molar-refractivity contribution in [2.45, 2.75) is 18.6 Å². The van der Waals surface area contributed by atoms with Crippen LogP contribution in [0.25, 0.3) is 0 Å². The molecule has 0 saturated heterocycles. The first-order valence-electron chi connectivity index (χ1n) is 9.07. The van der Waals surface area contributed by atoms with Crippen molar-refractivity contribution >= 4 is 5.97 Å². The molecule has 2 aliphatic rings. The van der Waals surface area contributed by atoms with E-state index in [0.29, 0.717) is 28.6 Å². The van der Waals surface area contributed by atoms with Gasteiger partial charge in [0.15, 0.2) is 23.0 Å². The largest absolute Gasteiger partial charge is 0.493 e. The van der Waals surface area contributed by atoms with E-state index in [-0.39, 0.29) is 6.04 Å². The monoisotopic (exact) mass is 385 g/mol. The van der Waals surface area contributed by atoms with Crippen molar-refractivity contribution in [1.82, 2.24) is 5.32 Å². The lowest BCUT2D eigenvalue weighted by atomic mass is 9.87. The topological polar surface area (TPSA) is 75.3 Å². The van der Waals surface area contributed by atoms with Crippen LogP contribution in [0, 0.1) is 0 Å². The number of carbonyl (C=O) groups excluding carboxylic acids is 1. The van der Waals surface area contributed by atoms with E-state index in [2.05, 4.69) is 5.32 Å². The summed E-state index contributed by atoms with van der Waals surface area (Å²) in [6.45, 7) is 0.768. The van der Waals surface area contributed by atoms with Gasteiger partial charge in [-0.05, 0) is 42.3 Å². The van der Waals surface area contributed by atoms with Crippen LogP contribution >= 0.6 is 0 Å². The number of methoxy groups -OCH3 is 4. The molecule has 2 heterocycles. The number of fused-ring (bicyclic) bond motifs is 2. The quantitative estimate of drug-likeness (QED) is 0.793. The predicted molar refractivity (Wildman–Crippen MR) is 102 cm³/mol. The number of ether oxygens (including phenoxy) is 5. The molecule has 0 amide bonds. The van der Waals surface area contributed by atoms with E-state index >= 15 is 0 Å². The fraction of sp³-hybridized carbons (Fsp3) is 0.381. The average Bonchev–Trinajstić information content (AvgIpc) is 3.07. The molecule has 2 aromatic carbocycles. The van der Waals surface area contributed by atoms with E-state index in [1.165, 1.54) is 7.11 Å². The number of carbonyl (C=O) groups is 1. The summed E-state index contributed by atoms with van der Waals surface area (Å²) >= 11 is 0. The Labute approximate surface area is 163 Å². The molecule has 0 aliphatic carbocycles. The van der Waals surface area contributed by atoms with Crippen LogP contribution in [0.15, 0.2) is 24.3 Å². The van der Waals surface area contributed by atoms with Crippen LogP contribution in [0.5, 0.6) is 23.0 Å². The van der Waals surface area contributed by atoms with Crippen molar-refractivity contribution in [2.75, 3.05) is 35.0 Å². The zero-order chi connectivity index (χ0) is 19.8. The zero-order valence-corrected chi connectivity index (χ0v) is 16.3. The van der Waals surface area contributed by atoms with Gasteiger partial charge in [-0.1, -0.05) is 6.07 Å². The molecule has 4 rings (SSSR count). The summed E-state index contributed by atoms with van der Waals surface area (Å²) in [5.74, 6) is 1.83. The number of hydrogen-bond acceptors (Lipinski definition) is 7. The SMILES string of the molecule is COc1cc2c(cc1OC)C(C1OC(=O)c3c1ccc(OC)c3OC)NCC2. The van der Waals surface area contributed by atoms with Gasteiger partial charge in [-0.2, -0.15) is 0 Å². The summed E-state index contributed by atoms with van der Waals surface area (Å²) < 4.78 is 27.5. The molecule has 7 nitrogen and oxygen atoms in total. The van der Waals surface area contributed by atoms with E-state index in [1.807, 2.05) is 18.2 Å². The molecule has 2 unspecified atom stereocenters. The molecule has 7 heteroatoms. The van der Waals surface area contributed by atoms with E-state index in [1.54, 1.807) is 27.4 Å². The molecule has 0 radical (unpaired) electrons. The van der Waals surface area contributed by atoms with Gasteiger partial charge in [-0.25, -0.2) is 4.79 Å². The lowest BCUT2D eigenvalue weighted by molar-refractivity contribution is 0.0284. The van der Waals surface area contributed by atoms with E-state index in [4.69, 9.17) is 23.7 Å². The van der Waals surface area contributed by atoms with Gasteiger partial charge in [0.2, 0.25) is 0 Å². The molecule has 0 fully saturated rings.